The van der Waals surface area contributed by atoms with Crippen molar-refractivity contribution in [1.82, 2.24) is 15.1 Å². The van der Waals surface area contributed by atoms with E-state index in [1.165, 1.54) is 4.68 Å². The second-order valence-corrected chi connectivity index (χ2v) is 3.45. The van der Waals surface area contributed by atoms with Crippen molar-refractivity contribution in [3.05, 3.63) is 18.5 Å². The molecule has 1 heterocycles. The maximum atomic E-state index is 11.8. The van der Waals surface area contributed by atoms with E-state index in [1.54, 1.807) is 18.5 Å². The number of nitrogens with one attached hydrogen (secondary N) is 1. The van der Waals surface area contributed by atoms with Gasteiger partial charge in [0.25, 0.3) is 0 Å². The smallest absolute Gasteiger partial charge is 0.390 e. The van der Waals surface area contributed by atoms with E-state index in [-0.39, 0.29) is 19.6 Å². The summed E-state index contributed by atoms with van der Waals surface area (Å²) in [7, 11) is 0. The van der Waals surface area contributed by atoms with E-state index in [0.29, 0.717) is 0 Å². The molecule has 0 bridgehead atoms. The van der Waals surface area contributed by atoms with Gasteiger partial charge >= 0.3 is 6.18 Å². The predicted octanol–water partition coefficient (Wildman–Crippen LogP) is 0.786. The Labute approximate surface area is 91.1 Å². The molecule has 0 saturated heterocycles. The number of alkyl halides is 3. The number of hydrogen-bond donors (Lipinski definition) is 2. The first kappa shape index (κ1) is 13.0. The van der Waals surface area contributed by atoms with Crippen LogP contribution in [0.2, 0.25) is 0 Å². The minimum Gasteiger partial charge on any atom is -0.390 e. The van der Waals surface area contributed by atoms with Gasteiger partial charge < -0.3 is 10.4 Å². The number of nitrogens with zero attached hydrogens (tertiary/aromatic N) is 2. The van der Waals surface area contributed by atoms with Crippen LogP contribution in [0, 0.1) is 0 Å². The van der Waals surface area contributed by atoms with E-state index in [1.807, 2.05) is 0 Å². The first-order valence-electron chi connectivity index (χ1n) is 4.90. The number of hydrogen-bond acceptors (Lipinski definition) is 3. The van der Waals surface area contributed by atoms with Crippen LogP contribution in [0.25, 0.3) is 0 Å². The molecule has 0 radical (unpaired) electrons. The standard InChI is InChI=1S/C9H14F3N3O/c10-9(11,12)2-4-13-6-8(16)7-15-5-1-3-14-15/h1,3,5,8,13,16H,2,4,6-7H2. The summed E-state index contributed by atoms with van der Waals surface area (Å²) in [6.45, 7) is 0.210. The third kappa shape index (κ3) is 5.72. The summed E-state index contributed by atoms with van der Waals surface area (Å²) in [5.74, 6) is 0. The maximum Gasteiger partial charge on any atom is 0.390 e. The average Bonchev–Trinajstić information content (AvgIpc) is 2.63. The molecular weight excluding hydrogens is 223 g/mol. The molecule has 1 atom stereocenters. The van der Waals surface area contributed by atoms with Gasteiger partial charge in [0.2, 0.25) is 0 Å². The number of aliphatic hydroxyl groups is 1. The lowest BCUT2D eigenvalue weighted by atomic mass is 10.3. The van der Waals surface area contributed by atoms with Crippen molar-refractivity contribution in [1.29, 1.82) is 0 Å². The third-order valence-corrected chi connectivity index (χ3v) is 1.92. The Morgan fingerprint density at radius 2 is 2.19 bits per heavy atom. The summed E-state index contributed by atoms with van der Waals surface area (Å²) in [6, 6.07) is 1.71. The summed E-state index contributed by atoms with van der Waals surface area (Å²) in [5.41, 5.74) is 0. The van der Waals surface area contributed by atoms with Gasteiger partial charge in [0.15, 0.2) is 0 Å². The summed E-state index contributed by atoms with van der Waals surface area (Å²) in [4.78, 5) is 0. The van der Waals surface area contributed by atoms with Crippen molar-refractivity contribution >= 4 is 0 Å². The van der Waals surface area contributed by atoms with Crippen LogP contribution in [0.4, 0.5) is 13.2 Å². The SMILES string of the molecule is OC(CNCCC(F)(F)F)Cn1cccn1. The number of aliphatic hydroxyl groups excluding tert-OH is 1. The van der Waals surface area contributed by atoms with Gasteiger partial charge in [-0.2, -0.15) is 18.3 Å². The summed E-state index contributed by atoms with van der Waals surface area (Å²) >= 11 is 0. The van der Waals surface area contributed by atoms with Gasteiger partial charge in [-0.3, -0.25) is 4.68 Å². The van der Waals surface area contributed by atoms with Crippen LogP contribution in [0.3, 0.4) is 0 Å². The zero-order chi connectivity index (χ0) is 12.0. The first-order valence-corrected chi connectivity index (χ1v) is 4.90. The predicted molar refractivity (Wildman–Crippen MR) is 51.8 cm³/mol. The van der Waals surface area contributed by atoms with Crippen molar-refractivity contribution in [3.8, 4) is 0 Å². The molecule has 1 rings (SSSR count). The summed E-state index contributed by atoms with van der Waals surface area (Å²) in [6.07, 6.45) is -2.53. The fourth-order valence-corrected chi connectivity index (χ4v) is 1.19. The van der Waals surface area contributed by atoms with Crippen molar-refractivity contribution in [2.75, 3.05) is 13.1 Å². The van der Waals surface area contributed by atoms with E-state index >= 15 is 0 Å². The van der Waals surface area contributed by atoms with Crippen LogP contribution in [-0.4, -0.2) is 40.3 Å². The molecular formula is C9H14F3N3O. The second kappa shape index (κ2) is 5.86. The molecule has 16 heavy (non-hydrogen) atoms. The minimum atomic E-state index is -4.15. The van der Waals surface area contributed by atoms with Gasteiger partial charge in [0.05, 0.1) is 19.1 Å². The second-order valence-electron chi connectivity index (χ2n) is 3.45. The van der Waals surface area contributed by atoms with Crippen LogP contribution in [0.5, 0.6) is 0 Å². The van der Waals surface area contributed by atoms with Crippen molar-refractivity contribution < 1.29 is 18.3 Å². The van der Waals surface area contributed by atoms with Crippen molar-refractivity contribution in [2.24, 2.45) is 0 Å². The van der Waals surface area contributed by atoms with Crippen LogP contribution in [0.15, 0.2) is 18.5 Å². The van der Waals surface area contributed by atoms with Crippen molar-refractivity contribution in [3.63, 3.8) is 0 Å². The van der Waals surface area contributed by atoms with Crippen molar-refractivity contribution in [2.45, 2.75) is 25.2 Å². The Kier molecular flexibility index (Phi) is 4.75. The maximum absolute atomic E-state index is 11.8. The molecule has 1 aromatic heterocycles. The van der Waals surface area contributed by atoms with E-state index in [2.05, 4.69) is 10.4 Å². The molecule has 0 aliphatic rings. The lowest BCUT2D eigenvalue weighted by Gasteiger charge is -2.12. The highest BCUT2D eigenvalue weighted by Gasteiger charge is 2.26. The largest absolute Gasteiger partial charge is 0.390 e. The molecule has 92 valence electrons. The minimum absolute atomic E-state index is 0.121. The van der Waals surface area contributed by atoms with Gasteiger partial charge in [-0.05, 0) is 6.07 Å². The zero-order valence-electron chi connectivity index (χ0n) is 8.61. The quantitative estimate of drug-likeness (QED) is 0.719. The van der Waals surface area contributed by atoms with Crippen LogP contribution in [0.1, 0.15) is 6.42 Å². The summed E-state index contributed by atoms with van der Waals surface area (Å²) in [5, 5.41) is 15.9. The Morgan fingerprint density at radius 1 is 1.44 bits per heavy atom. The first-order chi connectivity index (χ1) is 7.47. The molecule has 2 N–H and O–H groups in total. The molecule has 0 aliphatic carbocycles. The van der Waals surface area contributed by atoms with E-state index in [4.69, 9.17) is 0 Å². The van der Waals surface area contributed by atoms with Gasteiger partial charge in [0, 0.05) is 25.5 Å². The monoisotopic (exact) mass is 237 g/mol. The molecule has 0 aromatic carbocycles. The van der Waals surface area contributed by atoms with Gasteiger partial charge in [0.1, 0.15) is 0 Å². The average molecular weight is 237 g/mol. The van der Waals surface area contributed by atoms with E-state index in [9.17, 15) is 18.3 Å². The lowest BCUT2D eigenvalue weighted by molar-refractivity contribution is -0.133. The molecule has 0 fully saturated rings. The lowest BCUT2D eigenvalue weighted by Crippen LogP contribution is -2.32. The molecule has 0 amide bonds. The Morgan fingerprint density at radius 3 is 2.75 bits per heavy atom. The molecule has 0 spiro atoms. The number of aromatic nitrogens is 2. The highest BCUT2D eigenvalue weighted by molar-refractivity contribution is 4.78. The van der Waals surface area contributed by atoms with E-state index < -0.39 is 18.7 Å². The highest BCUT2D eigenvalue weighted by Crippen LogP contribution is 2.17. The molecule has 1 unspecified atom stereocenters. The Balaban J connectivity index is 2.09. The van der Waals surface area contributed by atoms with Crippen LogP contribution >= 0.6 is 0 Å². The van der Waals surface area contributed by atoms with Crippen LogP contribution in [-0.2, 0) is 6.54 Å². The number of rotatable bonds is 6. The topological polar surface area (TPSA) is 50.1 Å². The molecule has 0 aliphatic heterocycles. The number of halogens is 3. The molecule has 7 heteroatoms. The van der Waals surface area contributed by atoms with Gasteiger partial charge in [-0.25, -0.2) is 0 Å². The molecule has 0 saturated carbocycles. The van der Waals surface area contributed by atoms with Gasteiger partial charge in [-0.15, -0.1) is 0 Å². The fourth-order valence-electron chi connectivity index (χ4n) is 1.19. The third-order valence-electron chi connectivity index (χ3n) is 1.92. The summed E-state index contributed by atoms with van der Waals surface area (Å²) < 4.78 is 36.8. The van der Waals surface area contributed by atoms with Crippen LogP contribution < -0.4 is 5.32 Å². The van der Waals surface area contributed by atoms with E-state index in [0.717, 1.165) is 0 Å². The highest BCUT2D eigenvalue weighted by atomic mass is 19.4. The zero-order valence-corrected chi connectivity index (χ0v) is 8.61. The van der Waals surface area contributed by atoms with Gasteiger partial charge in [-0.1, -0.05) is 0 Å². The Bertz CT molecular complexity index is 287. The Hall–Kier alpha value is -1.08. The fraction of sp³-hybridized carbons (Fsp3) is 0.667. The molecule has 4 nitrogen and oxygen atoms in total. The molecule has 1 aromatic rings. The normalized spacial score (nSPS) is 14.0.